The molecule has 0 amide bonds. The second kappa shape index (κ2) is 5.10. The van der Waals surface area contributed by atoms with E-state index in [9.17, 15) is 0 Å². The molecule has 1 unspecified atom stereocenters. The molecule has 3 nitrogen and oxygen atoms in total. The molecule has 0 aromatic heterocycles. The predicted octanol–water partition coefficient (Wildman–Crippen LogP) is 0.849. The number of ether oxygens (including phenoxy) is 1. The summed E-state index contributed by atoms with van der Waals surface area (Å²) in [6.07, 6.45) is 5.08. The summed E-state index contributed by atoms with van der Waals surface area (Å²) in [6, 6.07) is 1.43. The molecule has 0 saturated carbocycles. The van der Waals surface area contributed by atoms with Crippen molar-refractivity contribution in [2.45, 2.75) is 37.8 Å². The van der Waals surface area contributed by atoms with E-state index in [4.69, 9.17) is 4.74 Å². The number of nitrogens with zero attached hydrogens (tertiary/aromatic N) is 1. The highest BCUT2D eigenvalue weighted by Crippen LogP contribution is 2.12. The van der Waals surface area contributed by atoms with E-state index in [2.05, 4.69) is 17.3 Å². The Hall–Kier alpha value is -0.120. The minimum Gasteiger partial charge on any atom is -0.381 e. The summed E-state index contributed by atoms with van der Waals surface area (Å²) in [7, 11) is 2.22. The molecule has 82 valence electrons. The summed E-state index contributed by atoms with van der Waals surface area (Å²) in [6.45, 7) is 4.38. The largest absolute Gasteiger partial charge is 0.381 e. The number of nitrogens with one attached hydrogen (secondary N) is 1. The van der Waals surface area contributed by atoms with Gasteiger partial charge in [-0.3, -0.25) is 0 Å². The quantitative estimate of drug-likeness (QED) is 0.712. The average molecular weight is 198 g/mol. The number of rotatable bonds is 2. The van der Waals surface area contributed by atoms with Crippen molar-refractivity contribution in [2.24, 2.45) is 0 Å². The zero-order valence-corrected chi connectivity index (χ0v) is 9.17. The number of hydrogen-bond acceptors (Lipinski definition) is 3. The van der Waals surface area contributed by atoms with Crippen molar-refractivity contribution in [3.8, 4) is 0 Å². The van der Waals surface area contributed by atoms with E-state index in [0.29, 0.717) is 6.04 Å². The zero-order chi connectivity index (χ0) is 9.80. The molecule has 1 N–H and O–H groups in total. The van der Waals surface area contributed by atoms with E-state index in [1.807, 2.05) is 0 Å². The van der Waals surface area contributed by atoms with Crippen molar-refractivity contribution in [3.05, 3.63) is 0 Å². The van der Waals surface area contributed by atoms with Crippen LogP contribution in [0, 0.1) is 0 Å². The van der Waals surface area contributed by atoms with Crippen LogP contribution in [0.1, 0.15) is 25.7 Å². The van der Waals surface area contributed by atoms with E-state index in [1.165, 1.54) is 38.8 Å². The Morgan fingerprint density at radius 3 is 2.64 bits per heavy atom. The summed E-state index contributed by atoms with van der Waals surface area (Å²) in [5.41, 5.74) is 0. The van der Waals surface area contributed by atoms with Crippen molar-refractivity contribution in [2.75, 3.05) is 33.4 Å². The van der Waals surface area contributed by atoms with Gasteiger partial charge in [0.15, 0.2) is 0 Å². The van der Waals surface area contributed by atoms with Crippen LogP contribution in [-0.2, 0) is 4.74 Å². The van der Waals surface area contributed by atoms with Crippen LogP contribution in [0.5, 0.6) is 0 Å². The molecule has 14 heavy (non-hydrogen) atoms. The van der Waals surface area contributed by atoms with Crippen molar-refractivity contribution in [1.82, 2.24) is 10.2 Å². The highest BCUT2D eigenvalue weighted by molar-refractivity contribution is 4.81. The van der Waals surface area contributed by atoms with Crippen LogP contribution < -0.4 is 5.32 Å². The van der Waals surface area contributed by atoms with E-state index in [0.717, 1.165) is 19.3 Å². The van der Waals surface area contributed by atoms with E-state index >= 15 is 0 Å². The third-order valence-corrected chi connectivity index (χ3v) is 3.32. The predicted molar refractivity (Wildman–Crippen MR) is 57.5 cm³/mol. The molecule has 0 aliphatic carbocycles. The average Bonchev–Trinajstić information content (AvgIpc) is 2.19. The fraction of sp³-hybridized carbons (Fsp3) is 1.00. The number of likely N-dealkylation sites (N-methyl/N-ethyl adjacent to an activating group) is 1. The number of piperidine rings is 1. The molecule has 0 aromatic carbocycles. The first kappa shape index (κ1) is 10.4. The van der Waals surface area contributed by atoms with Gasteiger partial charge < -0.3 is 15.0 Å². The smallest absolute Gasteiger partial charge is 0.0480 e. The van der Waals surface area contributed by atoms with Gasteiger partial charge in [-0.25, -0.2) is 0 Å². The maximum Gasteiger partial charge on any atom is 0.0480 e. The first-order valence-corrected chi connectivity index (χ1v) is 5.87. The molecule has 2 rings (SSSR count). The molecule has 3 heteroatoms. The van der Waals surface area contributed by atoms with E-state index in [-0.39, 0.29) is 0 Å². The second-order valence-corrected chi connectivity index (χ2v) is 4.65. The summed E-state index contributed by atoms with van der Waals surface area (Å²) in [5.74, 6) is 0. The van der Waals surface area contributed by atoms with Gasteiger partial charge in [0.1, 0.15) is 0 Å². The van der Waals surface area contributed by atoms with Crippen LogP contribution in [0.25, 0.3) is 0 Å². The van der Waals surface area contributed by atoms with Gasteiger partial charge in [0, 0.05) is 31.8 Å². The fourth-order valence-corrected chi connectivity index (χ4v) is 2.50. The van der Waals surface area contributed by atoms with Gasteiger partial charge in [-0.15, -0.1) is 0 Å². The molecule has 2 saturated heterocycles. The van der Waals surface area contributed by atoms with Crippen LogP contribution in [0.3, 0.4) is 0 Å². The minimum atomic E-state index is 0.709. The third kappa shape index (κ3) is 2.94. The lowest BCUT2D eigenvalue weighted by atomic mass is 10.0. The molecule has 0 aromatic rings. The van der Waals surface area contributed by atoms with Gasteiger partial charge >= 0.3 is 0 Å². The molecular weight excluding hydrogens is 176 g/mol. The lowest BCUT2D eigenvalue weighted by Gasteiger charge is -2.34. The maximum absolute atomic E-state index is 5.36. The van der Waals surface area contributed by atoms with E-state index < -0.39 is 0 Å². The fourth-order valence-electron chi connectivity index (χ4n) is 2.50. The van der Waals surface area contributed by atoms with Gasteiger partial charge in [-0.1, -0.05) is 0 Å². The molecule has 2 aliphatic rings. The SMILES string of the molecule is CN1CCCC(NC2CCOCC2)C1. The molecule has 0 radical (unpaired) electrons. The van der Waals surface area contributed by atoms with Crippen LogP contribution in [-0.4, -0.2) is 50.3 Å². The molecule has 2 fully saturated rings. The summed E-state index contributed by atoms with van der Waals surface area (Å²) in [4.78, 5) is 2.43. The van der Waals surface area contributed by atoms with Crippen LogP contribution >= 0.6 is 0 Å². The number of hydrogen-bond donors (Lipinski definition) is 1. The molecule has 0 bridgehead atoms. The van der Waals surface area contributed by atoms with E-state index in [1.54, 1.807) is 0 Å². The molecular formula is C11H22N2O. The van der Waals surface area contributed by atoms with Gasteiger partial charge in [0.2, 0.25) is 0 Å². The molecule has 1 atom stereocenters. The molecule has 2 heterocycles. The Morgan fingerprint density at radius 1 is 1.14 bits per heavy atom. The van der Waals surface area contributed by atoms with Crippen molar-refractivity contribution >= 4 is 0 Å². The minimum absolute atomic E-state index is 0.709. The van der Waals surface area contributed by atoms with Crippen molar-refractivity contribution in [3.63, 3.8) is 0 Å². The lowest BCUT2D eigenvalue weighted by Crippen LogP contribution is -2.49. The first-order valence-electron chi connectivity index (χ1n) is 5.87. The maximum atomic E-state index is 5.36. The van der Waals surface area contributed by atoms with Crippen LogP contribution in [0.2, 0.25) is 0 Å². The lowest BCUT2D eigenvalue weighted by molar-refractivity contribution is 0.0707. The van der Waals surface area contributed by atoms with Crippen LogP contribution in [0.4, 0.5) is 0 Å². The summed E-state index contributed by atoms with van der Waals surface area (Å²) < 4.78 is 5.36. The summed E-state index contributed by atoms with van der Waals surface area (Å²) >= 11 is 0. The Labute approximate surface area is 86.8 Å². The first-order chi connectivity index (χ1) is 6.84. The molecule has 2 aliphatic heterocycles. The van der Waals surface area contributed by atoms with Gasteiger partial charge in [-0.2, -0.15) is 0 Å². The highest BCUT2D eigenvalue weighted by atomic mass is 16.5. The Morgan fingerprint density at radius 2 is 1.93 bits per heavy atom. The van der Waals surface area contributed by atoms with Crippen molar-refractivity contribution in [1.29, 1.82) is 0 Å². The Balaban J connectivity index is 1.72. The van der Waals surface area contributed by atoms with Gasteiger partial charge in [0.05, 0.1) is 0 Å². The van der Waals surface area contributed by atoms with Crippen LogP contribution in [0.15, 0.2) is 0 Å². The van der Waals surface area contributed by atoms with Gasteiger partial charge in [0.25, 0.3) is 0 Å². The highest BCUT2D eigenvalue weighted by Gasteiger charge is 2.21. The summed E-state index contributed by atoms with van der Waals surface area (Å²) in [5, 5.41) is 3.77. The Bertz CT molecular complexity index is 169. The monoisotopic (exact) mass is 198 g/mol. The zero-order valence-electron chi connectivity index (χ0n) is 9.17. The Kier molecular flexibility index (Phi) is 3.79. The normalized spacial score (nSPS) is 31.9. The molecule has 0 spiro atoms. The third-order valence-electron chi connectivity index (χ3n) is 3.32. The van der Waals surface area contributed by atoms with Crippen molar-refractivity contribution < 1.29 is 4.74 Å². The second-order valence-electron chi connectivity index (χ2n) is 4.65. The standard InChI is InChI=1S/C11H22N2O/c1-13-6-2-3-11(9-13)12-10-4-7-14-8-5-10/h10-12H,2-9H2,1H3. The number of likely N-dealkylation sites (tertiary alicyclic amines) is 1. The topological polar surface area (TPSA) is 24.5 Å². The van der Waals surface area contributed by atoms with Gasteiger partial charge in [-0.05, 0) is 39.3 Å².